The summed E-state index contributed by atoms with van der Waals surface area (Å²) in [6, 6.07) is 0. The average molecular weight is 257 g/mol. The summed E-state index contributed by atoms with van der Waals surface area (Å²) < 4.78 is -0.306. The Balaban J connectivity index is 0.000000213. The minimum atomic E-state index is -0.306. The summed E-state index contributed by atoms with van der Waals surface area (Å²) in [6.07, 6.45) is 3.99. The van der Waals surface area contributed by atoms with Crippen LogP contribution in [0.2, 0.25) is 0 Å². The summed E-state index contributed by atoms with van der Waals surface area (Å²) in [7, 11) is 0. The lowest BCUT2D eigenvalue weighted by atomic mass is 10.7. The fraction of sp³-hybridized carbons (Fsp3) is 0.889. The smallest absolute Gasteiger partial charge is 0.156 e. The molecular weight excluding hydrogens is 239 g/mol. The molecule has 0 radical (unpaired) electrons. The van der Waals surface area contributed by atoms with Gasteiger partial charge in [-0.1, -0.05) is 25.6 Å². The molecule has 84 valence electrons. The zero-order valence-corrected chi connectivity index (χ0v) is 11.3. The van der Waals surface area contributed by atoms with Crippen LogP contribution in [-0.2, 0) is 0 Å². The third kappa shape index (κ3) is 7.77. The second kappa shape index (κ2) is 7.66. The molecule has 0 spiro atoms. The molecule has 2 nitrogen and oxygen atoms in total. The third-order valence-corrected chi connectivity index (χ3v) is 2.88. The molecule has 0 aromatic carbocycles. The van der Waals surface area contributed by atoms with E-state index >= 15 is 0 Å². The molecule has 0 aromatic rings. The molecule has 5 heteroatoms. The van der Waals surface area contributed by atoms with Crippen LogP contribution in [0.5, 0.6) is 0 Å². The van der Waals surface area contributed by atoms with Gasteiger partial charge >= 0.3 is 0 Å². The van der Waals surface area contributed by atoms with E-state index in [-0.39, 0.29) is 4.33 Å². The Labute approximate surface area is 101 Å². The molecule has 1 fully saturated rings. The molecule has 0 saturated heterocycles. The number of hydrogen-bond donors (Lipinski definition) is 1. The van der Waals surface area contributed by atoms with Gasteiger partial charge < -0.3 is 5.32 Å². The van der Waals surface area contributed by atoms with Crippen molar-refractivity contribution in [3.05, 3.63) is 0 Å². The maximum Gasteiger partial charge on any atom is 0.156 e. The summed E-state index contributed by atoms with van der Waals surface area (Å²) in [4.78, 5) is 4.12. The predicted molar refractivity (Wildman–Crippen MR) is 68.8 cm³/mol. The fourth-order valence-corrected chi connectivity index (χ4v) is 1.26. The Kier molecular flexibility index (Phi) is 7.88. The SMILES string of the molecule is CC.CSC1=NCCN1.ClC1(Cl)CC1. The van der Waals surface area contributed by atoms with Crippen molar-refractivity contribution in [2.24, 2.45) is 4.99 Å². The third-order valence-electron chi connectivity index (χ3n) is 1.46. The molecule has 0 unspecified atom stereocenters. The van der Waals surface area contributed by atoms with Crippen LogP contribution < -0.4 is 5.32 Å². The molecule has 2 rings (SSSR count). The lowest BCUT2D eigenvalue weighted by Gasteiger charge is -1.91. The predicted octanol–water partition coefficient (Wildman–Crippen LogP) is 3.29. The molecule has 0 amide bonds. The van der Waals surface area contributed by atoms with Crippen molar-refractivity contribution >= 4 is 40.1 Å². The first-order valence-electron chi connectivity index (χ1n) is 4.84. The van der Waals surface area contributed by atoms with Crippen molar-refractivity contribution in [3.8, 4) is 0 Å². The molecule has 1 aliphatic carbocycles. The number of thioether (sulfide) groups is 1. The summed E-state index contributed by atoms with van der Waals surface area (Å²) in [5, 5.41) is 4.20. The van der Waals surface area contributed by atoms with Crippen LogP contribution >= 0.6 is 35.0 Å². The highest BCUT2D eigenvalue weighted by atomic mass is 35.5. The van der Waals surface area contributed by atoms with Crippen molar-refractivity contribution in [1.82, 2.24) is 5.32 Å². The first kappa shape index (κ1) is 14.4. The topological polar surface area (TPSA) is 24.4 Å². The second-order valence-electron chi connectivity index (χ2n) is 2.67. The van der Waals surface area contributed by atoms with Crippen LogP contribution in [-0.4, -0.2) is 28.8 Å². The van der Waals surface area contributed by atoms with Crippen LogP contribution in [0.25, 0.3) is 0 Å². The molecule has 1 heterocycles. The molecule has 0 aromatic heterocycles. The highest BCUT2D eigenvalue weighted by Gasteiger charge is 2.37. The normalized spacial score (nSPS) is 20.5. The van der Waals surface area contributed by atoms with Crippen LogP contribution in [0.1, 0.15) is 26.7 Å². The number of rotatable bonds is 0. The average Bonchev–Trinajstić information content (AvgIpc) is 2.76. The van der Waals surface area contributed by atoms with Crippen molar-refractivity contribution in [3.63, 3.8) is 0 Å². The molecule has 0 atom stereocenters. The number of alkyl halides is 2. The van der Waals surface area contributed by atoms with E-state index in [1.807, 2.05) is 20.1 Å². The van der Waals surface area contributed by atoms with Gasteiger partial charge in [0.15, 0.2) is 5.17 Å². The van der Waals surface area contributed by atoms with E-state index in [9.17, 15) is 0 Å². The van der Waals surface area contributed by atoms with E-state index in [1.54, 1.807) is 11.8 Å². The largest absolute Gasteiger partial charge is 0.363 e. The van der Waals surface area contributed by atoms with E-state index in [0.29, 0.717) is 0 Å². The fourth-order valence-electron chi connectivity index (χ4n) is 0.607. The number of halogens is 2. The molecule has 1 aliphatic heterocycles. The van der Waals surface area contributed by atoms with Gasteiger partial charge in [-0.3, -0.25) is 4.99 Å². The van der Waals surface area contributed by atoms with Crippen molar-refractivity contribution < 1.29 is 0 Å². The van der Waals surface area contributed by atoms with Crippen LogP contribution in [0.4, 0.5) is 0 Å². The van der Waals surface area contributed by atoms with Gasteiger partial charge in [0.1, 0.15) is 4.33 Å². The van der Waals surface area contributed by atoms with Crippen LogP contribution in [0.15, 0.2) is 4.99 Å². The van der Waals surface area contributed by atoms with Gasteiger partial charge in [-0.05, 0) is 19.1 Å². The molecule has 1 saturated carbocycles. The number of amidine groups is 1. The lowest BCUT2D eigenvalue weighted by molar-refractivity contribution is 0.963. The Morgan fingerprint density at radius 2 is 1.86 bits per heavy atom. The Morgan fingerprint density at radius 1 is 1.36 bits per heavy atom. The Bertz CT molecular complexity index is 178. The first-order chi connectivity index (χ1) is 6.64. The Hall–Kier alpha value is 0.400. The van der Waals surface area contributed by atoms with Crippen molar-refractivity contribution in [2.75, 3.05) is 19.3 Å². The minimum absolute atomic E-state index is 0.306. The van der Waals surface area contributed by atoms with Crippen LogP contribution in [0, 0.1) is 0 Å². The number of nitrogens with zero attached hydrogens (tertiary/aromatic N) is 1. The van der Waals surface area contributed by atoms with Crippen LogP contribution in [0.3, 0.4) is 0 Å². The zero-order chi connectivity index (χ0) is 11.0. The van der Waals surface area contributed by atoms with Gasteiger partial charge in [0.2, 0.25) is 0 Å². The quantitative estimate of drug-likeness (QED) is 0.673. The minimum Gasteiger partial charge on any atom is -0.363 e. The lowest BCUT2D eigenvalue weighted by Crippen LogP contribution is -2.14. The summed E-state index contributed by atoms with van der Waals surface area (Å²) in [6.45, 7) is 5.98. The van der Waals surface area contributed by atoms with E-state index < -0.39 is 0 Å². The van der Waals surface area contributed by atoms with Gasteiger partial charge in [-0.25, -0.2) is 0 Å². The van der Waals surface area contributed by atoms with Gasteiger partial charge in [0, 0.05) is 6.54 Å². The zero-order valence-electron chi connectivity index (χ0n) is 8.94. The Morgan fingerprint density at radius 3 is 2.00 bits per heavy atom. The van der Waals surface area contributed by atoms with Gasteiger partial charge in [-0.15, -0.1) is 23.2 Å². The molecule has 0 bridgehead atoms. The van der Waals surface area contributed by atoms with Crippen molar-refractivity contribution in [2.45, 2.75) is 31.0 Å². The number of hydrogen-bond acceptors (Lipinski definition) is 3. The molecule has 2 aliphatic rings. The standard InChI is InChI=1S/C4H8N2S.C3H4Cl2.C2H6/c1-7-4-5-2-3-6-4;4-3(5)1-2-3;1-2/h2-3H2,1H3,(H,5,6);1-2H2;1-2H3. The van der Waals surface area contributed by atoms with Gasteiger partial charge in [-0.2, -0.15) is 0 Å². The summed E-state index contributed by atoms with van der Waals surface area (Å²) in [5.74, 6) is 0. The highest BCUT2D eigenvalue weighted by molar-refractivity contribution is 8.13. The second-order valence-corrected chi connectivity index (χ2v) is 5.11. The number of aliphatic imine (C=N–C) groups is 1. The van der Waals surface area contributed by atoms with E-state index in [4.69, 9.17) is 23.2 Å². The van der Waals surface area contributed by atoms with Gasteiger partial charge in [0.05, 0.1) is 6.54 Å². The van der Waals surface area contributed by atoms with E-state index in [0.717, 1.165) is 31.1 Å². The summed E-state index contributed by atoms with van der Waals surface area (Å²) in [5.41, 5.74) is 0. The number of nitrogens with one attached hydrogen (secondary N) is 1. The van der Waals surface area contributed by atoms with Gasteiger partial charge in [0.25, 0.3) is 0 Å². The van der Waals surface area contributed by atoms with Crippen molar-refractivity contribution in [1.29, 1.82) is 0 Å². The highest BCUT2D eigenvalue weighted by Crippen LogP contribution is 2.46. The maximum absolute atomic E-state index is 5.41. The van der Waals surface area contributed by atoms with E-state index in [2.05, 4.69) is 10.3 Å². The molecule has 1 N–H and O–H groups in total. The first-order valence-corrected chi connectivity index (χ1v) is 6.82. The monoisotopic (exact) mass is 256 g/mol. The van der Waals surface area contributed by atoms with E-state index in [1.165, 1.54) is 0 Å². The molecule has 14 heavy (non-hydrogen) atoms. The maximum atomic E-state index is 5.41. The molecular formula is C9H18Cl2N2S. The summed E-state index contributed by atoms with van der Waals surface area (Å²) >= 11 is 12.5.